The number of hydrogen-bond acceptors (Lipinski definition) is 3. The van der Waals surface area contributed by atoms with E-state index in [0.717, 1.165) is 24.2 Å². The van der Waals surface area contributed by atoms with Crippen LogP contribution in [0.1, 0.15) is 32.1 Å². The monoisotopic (exact) mass is 308 g/mol. The Balaban J connectivity index is 2.66. The van der Waals surface area contributed by atoms with Crippen molar-refractivity contribution in [1.82, 2.24) is 10.2 Å². The number of hydrogen-bond donors (Lipinski definition) is 3. The van der Waals surface area contributed by atoms with Gasteiger partial charge in [-0.25, -0.2) is 18.4 Å². The lowest BCUT2D eigenvalue weighted by Crippen LogP contribution is -2.52. The van der Waals surface area contributed by atoms with Crippen LogP contribution in [-0.4, -0.2) is 59.3 Å². The Morgan fingerprint density at radius 2 is 1.86 bits per heavy atom. The molecule has 3 N–H and O–H groups in total. The van der Waals surface area contributed by atoms with Gasteiger partial charge in [0.05, 0.1) is 13.2 Å². The molecule has 1 saturated carbocycles. The molecule has 21 heavy (non-hydrogen) atoms. The van der Waals surface area contributed by atoms with E-state index in [1.54, 1.807) is 0 Å². The maximum absolute atomic E-state index is 12.4. The third-order valence-electron chi connectivity index (χ3n) is 3.68. The Kier molecular flexibility index (Phi) is 7.35. The summed E-state index contributed by atoms with van der Waals surface area (Å²) >= 11 is 0. The number of carbonyl (C=O) groups excluding carboxylic acids is 1. The summed E-state index contributed by atoms with van der Waals surface area (Å²) in [6.45, 7) is -1.54. The Hall–Kier alpha value is -1.44. The van der Waals surface area contributed by atoms with E-state index in [0.29, 0.717) is 12.8 Å². The summed E-state index contributed by atoms with van der Waals surface area (Å²) in [4.78, 5) is 24.0. The Labute approximate surface area is 122 Å². The van der Waals surface area contributed by atoms with Crippen molar-refractivity contribution in [2.24, 2.45) is 5.92 Å². The van der Waals surface area contributed by atoms with Gasteiger partial charge in [-0.2, -0.15) is 0 Å². The molecule has 1 atom stereocenters. The van der Waals surface area contributed by atoms with Crippen LogP contribution in [0.4, 0.5) is 13.6 Å². The predicted molar refractivity (Wildman–Crippen MR) is 71.2 cm³/mol. The van der Waals surface area contributed by atoms with Gasteiger partial charge in [0, 0.05) is 6.54 Å². The number of rotatable bonds is 7. The Morgan fingerprint density at radius 1 is 1.24 bits per heavy atom. The summed E-state index contributed by atoms with van der Waals surface area (Å²) in [5.74, 6) is -1.33. The minimum absolute atomic E-state index is 0.178. The van der Waals surface area contributed by atoms with Crippen molar-refractivity contribution in [3.63, 3.8) is 0 Å². The fourth-order valence-corrected chi connectivity index (χ4v) is 2.64. The van der Waals surface area contributed by atoms with Gasteiger partial charge >= 0.3 is 12.0 Å². The van der Waals surface area contributed by atoms with Gasteiger partial charge in [-0.1, -0.05) is 19.3 Å². The number of halogens is 2. The van der Waals surface area contributed by atoms with E-state index >= 15 is 0 Å². The third kappa shape index (κ3) is 5.82. The molecule has 0 saturated heterocycles. The van der Waals surface area contributed by atoms with Gasteiger partial charge in [-0.15, -0.1) is 0 Å². The van der Waals surface area contributed by atoms with Crippen molar-refractivity contribution < 1.29 is 28.6 Å². The Bertz CT molecular complexity index is 349. The molecule has 0 aromatic rings. The summed E-state index contributed by atoms with van der Waals surface area (Å²) in [6.07, 6.45) is 1.51. The van der Waals surface area contributed by atoms with Crippen LogP contribution in [0.15, 0.2) is 0 Å². The molecule has 0 spiro atoms. The molecule has 0 bridgehead atoms. The summed E-state index contributed by atoms with van der Waals surface area (Å²) in [5, 5.41) is 20.4. The first-order chi connectivity index (χ1) is 9.95. The first-order valence-electron chi connectivity index (χ1n) is 7.13. The molecule has 1 aliphatic carbocycles. The van der Waals surface area contributed by atoms with Gasteiger partial charge in [0.25, 0.3) is 6.43 Å². The fraction of sp³-hybridized carbons (Fsp3) is 0.846. The number of amides is 2. The molecule has 1 fully saturated rings. The first kappa shape index (κ1) is 17.6. The van der Waals surface area contributed by atoms with Crippen LogP contribution in [0.2, 0.25) is 0 Å². The molecule has 1 unspecified atom stereocenters. The predicted octanol–water partition coefficient (Wildman–Crippen LogP) is 1.29. The van der Waals surface area contributed by atoms with E-state index in [-0.39, 0.29) is 12.5 Å². The van der Waals surface area contributed by atoms with Crippen molar-refractivity contribution >= 4 is 12.0 Å². The number of aliphatic carboxylic acids is 1. The van der Waals surface area contributed by atoms with Crippen LogP contribution in [0.5, 0.6) is 0 Å². The van der Waals surface area contributed by atoms with Crippen molar-refractivity contribution in [1.29, 1.82) is 0 Å². The van der Waals surface area contributed by atoms with Crippen LogP contribution in [0, 0.1) is 5.92 Å². The van der Waals surface area contributed by atoms with Crippen molar-refractivity contribution in [2.45, 2.75) is 44.6 Å². The minimum Gasteiger partial charge on any atom is -0.480 e. The molecule has 0 aromatic heterocycles. The first-order valence-corrected chi connectivity index (χ1v) is 7.13. The summed E-state index contributed by atoms with van der Waals surface area (Å²) in [7, 11) is 0. The zero-order valence-corrected chi connectivity index (χ0v) is 11.8. The maximum Gasteiger partial charge on any atom is 0.326 e. The third-order valence-corrected chi connectivity index (χ3v) is 3.68. The highest BCUT2D eigenvalue weighted by molar-refractivity contribution is 5.82. The van der Waals surface area contributed by atoms with E-state index in [1.165, 1.54) is 0 Å². The van der Waals surface area contributed by atoms with Gasteiger partial charge in [0.1, 0.15) is 6.04 Å². The number of carboxylic acids is 1. The smallest absolute Gasteiger partial charge is 0.326 e. The van der Waals surface area contributed by atoms with Crippen LogP contribution in [0.25, 0.3) is 0 Å². The zero-order chi connectivity index (χ0) is 15.8. The average molecular weight is 308 g/mol. The SMILES string of the molecule is O=C(O)C(NC(=O)N(CCO)CC(F)F)C1CCCCC1. The largest absolute Gasteiger partial charge is 0.480 e. The van der Waals surface area contributed by atoms with Crippen LogP contribution in [-0.2, 0) is 4.79 Å². The topological polar surface area (TPSA) is 89.9 Å². The zero-order valence-electron chi connectivity index (χ0n) is 11.8. The minimum atomic E-state index is -2.74. The second-order valence-corrected chi connectivity index (χ2v) is 5.22. The standard InChI is InChI=1S/C13H22F2N2O4/c14-10(15)8-17(6-7-18)13(21)16-11(12(19)20)9-4-2-1-3-5-9/h9-11,18H,1-8H2,(H,16,21)(H,19,20). The van der Waals surface area contributed by atoms with Crippen LogP contribution < -0.4 is 5.32 Å². The van der Waals surface area contributed by atoms with Crippen LogP contribution >= 0.6 is 0 Å². The molecule has 1 aliphatic rings. The number of aliphatic hydroxyl groups excluding tert-OH is 1. The van der Waals surface area contributed by atoms with Gasteiger partial charge < -0.3 is 20.4 Å². The number of alkyl halides is 2. The molecule has 6 nitrogen and oxygen atoms in total. The van der Waals surface area contributed by atoms with Crippen molar-refractivity contribution in [2.75, 3.05) is 19.7 Å². The number of urea groups is 1. The highest BCUT2D eigenvalue weighted by Gasteiger charge is 2.32. The average Bonchev–Trinajstić information content (AvgIpc) is 2.44. The lowest BCUT2D eigenvalue weighted by atomic mass is 9.84. The molecule has 0 aromatic carbocycles. The summed E-state index contributed by atoms with van der Waals surface area (Å²) in [5.41, 5.74) is 0. The number of carbonyl (C=O) groups is 2. The fourth-order valence-electron chi connectivity index (χ4n) is 2.64. The van der Waals surface area contributed by atoms with E-state index in [9.17, 15) is 23.5 Å². The highest BCUT2D eigenvalue weighted by atomic mass is 19.3. The van der Waals surface area contributed by atoms with Gasteiger partial charge in [0.2, 0.25) is 0 Å². The molecular weight excluding hydrogens is 286 g/mol. The maximum atomic E-state index is 12.4. The molecule has 2 amide bonds. The van der Waals surface area contributed by atoms with Crippen LogP contribution in [0.3, 0.4) is 0 Å². The van der Waals surface area contributed by atoms with E-state index < -0.39 is 37.6 Å². The lowest BCUT2D eigenvalue weighted by Gasteiger charge is -2.30. The van der Waals surface area contributed by atoms with Crippen molar-refractivity contribution in [3.05, 3.63) is 0 Å². The molecule has 8 heteroatoms. The van der Waals surface area contributed by atoms with E-state index in [1.807, 2.05) is 0 Å². The number of nitrogens with zero attached hydrogens (tertiary/aromatic N) is 1. The normalized spacial score (nSPS) is 17.5. The van der Waals surface area contributed by atoms with Gasteiger partial charge in [-0.3, -0.25) is 0 Å². The highest BCUT2D eigenvalue weighted by Crippen LogP contribution is 2.26. The molecule has 1 rings (SSSR count). The molecule has 0 heterocycles. The van der Waals surface area contributed by atoms with Crippen molar-refractivity contribution in [3.8, 4) is 0 Å². The molecule has 0 radical (unpaired) electrons. The van der Waals surface area contributed by atoms with Gasteiger partial charge in [-0.05, 0) is 18.8 Å². The number of nitrogens with one attached hydrogen (secondary N) is 1. The number of aliphatic hydroxyl groups is 1. The lowest BCUT2D eigenvalue weighted by molar-refractivity contribution is -0.141. The van der Waals surface area contributed by atoms with E-state index in [4.69, 9.17) is 5.11 Å². The molecule has 0 aliphatic heterocycles. The second kappa shape index (κ2) is 8.76. The molecular formula is C13H22F2N2O4. The quantitative estimate of drug-likeness (QED) is 0.661. The summed E-state index contributed by atoms with van der Waals surface area (Å²) < 4.78 is 24.8. The summed E-state index contributed by atoms with van der Waals surface area (Å²) in [6, 6.07) is -1.95. The Morgan fingerprint density at radius 3 is 2.33 bits per heavy atom. The van der Waals surface area contributed by atoms with E-state index in [2.05, 4.69) is 5.32 Å². The van der Waals surface area contributed by atoms with Gasteiger partial charge in [0.15, 0.2) is 0 Å². The molecule has 122 valence electrons. The second-order valence-electron chi connectivity index (χ2n) is 5.22. The number of carboxylic acid groups (broad SMARTS) is 1.